The molecule has 0 aliphatic heterocycles. The summed E-state index contributed by atoms with van der Waals surface area (Å²) in [5, 5.41) is 10.1. The number of nitrogens with zero attached hydrogens (tertiary/aromatic N) is 2. The van der Waals surface area contributed by atoms with Crippen molar-refractivity contribution < 1.29 is 18.3 Å². The number of nitrogens with one attached hydrogen (secondary N) is 1. The fraction of sp³-hybridized carbons (Fsp3) is 0.167. The highest BCUT2D eigenvalue weighted by Gasteiger charge is 2.13. The monoisotopic (exact) mass is 341 g/mol. The van der Waals surface area contributed by atoms with Crippen molar-refractivity contribution in [3.63, 3.8) is 0 Å². The number of para-hydroxylation sites is 1. The van der Waals surface area contributed by atoms with E-state index in [1.807, 2.05) is 32.0 Å². The van der Waals surface area contributed by atoms with E-state index in [1.54, 1.807) is 6.07 Å². The van der Waals surface area contributed by atoms with Crippen LogP contribution >= 0.6 is 0 Å². The molecule has 0 fully saturated rings. The number of ether oxygens (including phenoxy) is 1. The van der Waals surface area contributed by atoms with Gasteiger partial charge in [0.05, 0.1) is 0 Å². The van der Waals surface area contributed by atoms with Crippen molar-refractivity contribution in [1.82, 2.24) is 10.2 Å². The van der Waals surface area contributed by atoms with Crippen LogP contribution in [0.3, 0.4) is 0 Å². The molecule has 0 radical (unpaired) electrons. The van der Waals surface area contributed by atoms with Gasteiger partial charge in [-0.05, 0) is 38.1 Å². The van der Waals surface area contributed by atoms with Crippen molar-refractivity contribution in [3.05, 3.63) is 59.4 Å². The second-order valence-corrected chi connectivity index (χ2v) is 5.56. The van der Waals surface area contributed by atoms with Crippen molar-refractivity contribution in [3.8, 4) is 17.2 Å². The van der Waals surface area contributed by atoms with Crippen LogP contribution in [0.1, 0.15) is 11.1 Å². The molecule has 0 aliphatic rings. The first-order chi connectivity index (χ1) is 12.0. The topological polar surface area (TPSA) is 77.2 Å². The quantitative estimate of drug-likeness (QED) is 0.768. The Balaban J connectivity index is 1.63. The van der Waals surface area contributed by atoms with Crippen LogP contribution in [-0.4, -0.2) is 22.7 Å². The Kier molecular flexibility index (Phi) is 4.74. The zero-order valence-corrected chi connectivity index (χ0v) is 13.7. The maximum absolute atomic E-state index is 13.4. The molecule has 0 saturated heterocycles. The Labute approximate surface area is 143 Å². The average Bonchev–Trinajstić information content (AvgIpc) is 3.02. The van der Waals surface area contributed by atoms with Crippen molar-refractivity contribution in [2.45, 2.75) is 13.8 Å². The number of aryl methyl sites for hydroxylation is 2. The van der Waals surface area contributed by atoms with E-state index in [1.165, 1.54) is 18.2 Å². The Morgan fingerprint density at radius 3 is 2.60 bits per heavy atom. The largest absolute Gasteiger partial charge is 0.481 e. The van der Waals surface area contributed by atoms with Gasteiger partial charge in [0.1, 0.15) is 0 Å². The molecule has 1 amide bonds. The zero-order chi connectivity index (χ0) is 17.8. The van der Waals surface area contributed by atoms with E-state index in [-0.39, 0.29) is 18.4 Å². The lowest BCUT2D eigenvalue weighted by Gasteiger charge is -2.05. The summed E-state index contributed by atoms with van der Waals surface area (Å²) in [4.78, 5) is 11.9. The number of hydrogen-bond donors (Lipinski definition) is 1. The minimum atomic E-state index is -0.537. The minimum absolute atomic E-state index is 0.000830. The van der Waals surface area contributed by atoms with E-state index < -0.39 is 11.7 Å². The Hall–Kier alpha value is -3.22. The minimum Gasteiger partial charge on any atom is -0.481 e. The van der Waals surface area contributed by atoms with Gasteiger partial charge in [0.15, 0.2) is 18.2 Å². The predicted molar refractivity (Wildman–Crippen MR) is 89.7 cm³/mol. The number of amides is 1. The van der Waals surface area contributed by atoms with Crippen molar-refractivity contribution >= 4 is 11.9 Å². The van der Waals surface area contributed by atoms with Gasteiger partial charge in [-0.1, -0.05) is 34.4 Å². The molecule has 7 heteroatoms. The SMILES string of the molecule is Cc1cc(C)cc(-c2nnc(NC(=O)COc3ccccc3F)o2)c1. The molecule has 25 heavy (non-hydrogen) atoms. The van der Waals surface area contributed by atoms with Gasteiger partial charge in [0.2, 0.25) is 5.89 Å². The number of carbonyl (C=O) groups is 1. The van der Waals surface area contributed by atoms with Crippen LogP contribution in [0.2, 0.25) is 0 Å². The van der Waals surface area contributed by atoms with Crippen LogP contribution in [0.5, 0.6) is 5.75 Å². The molecule has 0 aliphatic carbocycles. The summed E-state index contributed by atoms with van der Waals surface area (Å²) < 4.78 is 24.0. The molecule has 6 nitrogen and oxygen atoms in total. The number of benzene rings is 2. The van der Waals surface area contributed by atoms with E-state index >= 15 is 0 Å². The molecular weight excluding hydrogens is 325 g/mol. The molecule has 1 aromatic heterocycles. The lowest BCUT2D eigenvalue weighted by Crippen LogP contribution is -2.20. The number of anilines is 1. The molecule has 1 heterocycles. The van der Waals surface area contributed by atoms with Crippen LogP contribution in [0.4, 0.5) is 10.4 Å². The summed E-state index contributed by atoms with van der Waals surface area (Å²) in [6.45, 7) is 3.56. The molecule has 128 valence electrons. The standard InChI is InChI=1S/C18H16FN3O3/c1-11-7-12(2)9-13(8-11)17-21-22-18(25-17)20-16(23)10-24-15-6-4-3-5-14(15)19/h3-9H,10H2,1-2H3,(H,20,22,23). The third kappa shape index (κ3) is 4.20. The van der Waals surface area contributed by atoms with Gasteiger partial charge in [-0.25, -0.2) is 4.39 Å². The Morgan fingerprint density at radius 2 is 1.88 bits per heavy atom. The van der Waals surface area contributed by atoms with Crippen LogP contribution < -0.4 is 10.1 Å². The molecular formula is C18H16FN3O3. The second kappa shape index (κ2) is 7.12. The third-order valence-electron chi connectivity index (χ3n) is 3.34. The first-order valence-corrected chi connectivity index (χ1v) is 7.60. The first-order valence-electron chi connectivity index (χ1n) is 7.60. The van der Waals surface area contributed by atoms with Crippen molar-refractivity contribution in [2.75, 3.05) is 11.9 Å². The second-order valence-electron chi connectivity index (χ2n) is 5.56. The normalized spacial score (nSPS) is 10.5. The highest BCUT2D eigenvalue weighted by molar-refractivity contribution is 5.89. The Morgan fingerprint density at radius 1 is 1.16 bits per heavy atom. The highest BCUT2D eigenvalue weighted by Crippen LogP contribution is 2.22. The van der Waals surface area contributed by atoms with Gasteiger partial charge in [0.25, 0.3) is 5.91 Å². The summed E-state index contributed by atoms with van der Waals surface area (Å²) in [5.74, 6) is -0.764. The smallest absolute Gasteiger partial charge is 0.322 e. The molecule has 0 saturated carbocycles. The molecule has 2 aromatic carbocycles. The lowest BCUT2D eigenvalue weighted by molar-refractivity contribution is -0.118. The highest BCUT2D eigenvalue weighted by atomic mass is 19.1. The zero-order valence-electron chi connectivity index (χ0n) is 13.7. The molecule has 1 N–H and O–H groups in total. The van der Waals surface area contributed by atoms with Gasteiger partial charge in [-0.2, -0.15) is 0 Å². The third-order valence-corrected chi connectivity index (χ3v) is 3.34. The molecule has 3 rings (SSSR count). The first kappa shape index (κ1) is 16.6. The maximum Gasteiger partial charge on any atom is 0.322 e. The fourth-order valence-electron chi connectivity index (χ4n) is 2.35. The summed E-state index contributed by atoms with van der Waals surface area (Å²) in [6.07, 6.45) is 0. The van der Waals surface area contributed by atoms with Gasteiger partial charge < -0.3 is 9.15 Å². The maximum atomic E-state index is 13.4. The van der Waals surface area contributed by atoms with E-state index in [0.717, 1.165) is 16.7 Å². The van der Waals surface area contributed by atoms with E-state index in [9.17, 15) is 9.18 Å². The fourth-order valence-corrected chi connectivity index (χ4v) is 2.35. The number of halogens is 1. The summed E-state index contributed by atoms with van der Waals surface area (Å²) >= 11 is 0. The summed E-state index contributed by atoms with van der Waals surface area (Å²) in [7, 11) is 0. The van der Waals surface area contributed by atoms with E-state index in [4.69, 9.17) is 9.15 Å². The van der Waals surface area contributed by atoms with Crippen LogP contribution in [0.15, 0.2) is 46.9 Å². The predicted octanol–water partition coefficient (Wildman–Crippen LogP) is 3.51. The summed E-state index contributed by atoms with van der Waals surface area (Å²) in [5.41, 5.74) is 2.90. The van der Waals surface area contributed by atoms with Crippen LogP contribution in [-0.2, 0) is 4.79 Å². The van der Waals surface area contributed by atoms with Gasteiger partial charge >= 0.3 is 6.01 Å². The molecule has 0 unspecified atom stereocenters. The average molecular weight is 341 g/mol. The molecule has 3 aromatic rings. The summed E-state index contributed by atoms with van der Waals surface area (Å²) in [6, 6.07) is 11.6. The van der Waals surface area contributed by atoms with Gasteiger partial charge in [0, 0.05) is 5.56 Å². The van der Waals surface area contributed by atoms with Gasteiger partial charge in [-0.3, -0.25) is 10.1 Å². The van der Waals surface area contributed by atoms with Crippen molar-refractivity contribution in [2.24, 2.45) is 0 Å². The van der Waals surface area contributed by atoms with Crippen LogP contribution in [0.25, 0.3) is 11.5 Å². The lowest BCUT2D eigenvalue weighted by atomic mass is 10.1. The van der Waals surface area contributed by atoms with Crippen LogP contribution in [0, 0.1) is 19.7 Å². The Bertz CT molecular complexity index is 888. The number of carbonyl (C=O) groups excluding carboxylic acids is 1. The molecule has 0 bridgehead atoms. The molecule has 0 atom stereocenters. The van der Waals surface area contributed by atoms with Crippen molar-refractivity contribution in [1.29, 1.82) is 0 Å². The number of rotatable bonds is 5. The molecule has 0 spiro atoms. The van der Waals surface area contributed by atoms with Gasteiger partial charge in [-0.15, -0.1) is 5.10 Å². The number of aromatic nitrogens is 2. The number of hydrogen-bond acceptors (Lipinski definition) is 5. The van der Waals surface area contributed by atoms with E-state index in [0.29, 0.717) is 5.89 Å². The van der Waals surface area contributed by atoms with E-state index in [2.05, 4.69) is 15.5 Å².